The summed E-state index contributed by atoms with van der Waals surface area (Å²) in [6.45, 7) is 4.10. The quantitative estimate of drug-likeness (QED) is 0.0197. The number of aliphatic hydroxyl groups excluding tert-OH is 1. The summed E-state index contributed by atoms with van der Waals surface area (Å²) in [6, 6.07) is 0. The van der Waals surface area contributed by atoms with E-state index >= 15 is 0 Å². The van der Waals surface area contributed by atoms with E-state index in [0.717, 1.165) is 122 Å². The molecule has 0 radical (unpaired) electrons. The Morgan fingerprint density at radius 1 is 0.368 bits per heavy atom. The van der Waals surface area contributed by atoms with Crippen molar-refractivity contribution in [3.63, 3.8) is 0 Å². The number of ether oxygens (including phenoxy) is 3. The molecule has 0 heterocycles. The Hall–Kier alpha value is -4.90. The number of carbonyl (C=O) groups excluding carboxylic acids is 3. The van der Waals surface area contributed by atoms with E-state index in [2.05, 4.69) is 154 Å². The Morgan fingerprint density at radius 2 is 0.684 bits per heavy atom. The first-order valence-electron chi connectivity index (χ1n) is 28.4. The van der Waals surface area contributed by atoms with Gasteiger partial charge < -0.3 is 24.2 Å². The molecule has 0 aromatic rings. The Morgan fingerprint density at radius 3 is 1.11 bits per heavy atom. The van der Waals surface area contributed by atoms with Crippen LogP contribution in [0.2, 0.25) is 0 Å². The zero-order valence-corrected chi connectivity index (χ0v) is 47.8. The molecule has 3 atom stereocenters. The third kappa shape index (κ3) is 53.9. The highest BCUT2D eigenvalue weighted by Crippen LogP contribution is 2.43. The molecule has 0 amide bonds. The number of phosphoric ester groups is 1. The van der Waals surface area contributed by atoms with Gasteiger partial charge in [0.05, 0.1) is 19.8 Å². The van der Waals surface area contributed by atoms with Crippen molar-refractivity contribution in [1.82, 2.24) is 0 Å². The molecule has 426 valence electrons. The molecular weight excluding hydrogens is 976 g/mol. The number of allylic oxidation sites excluding steroid dienone is 26. The van der Waals surface area contributed by atoms with Crippen LogP contribution in [0.3, 0.4) is 0 Å². The van der Waals surface area contributed by atoms with Crippen LogP contribution in [-0.2, 0) is 42.2 Å². The van der Waals surface area contributed by atoms with E-state index in [1.165, 1.54) is 0 Å². The zero-order chi connectivity index (χ0) is 55.5. The molecule has 12 heteroatoms. The topological polar surface area (TPSA) is 155 Å². The summed E-state index contributed by atoms with van der Waals surface area (Å²) in [6.07, 6.45) is 73.7. The molecule has 3 unspecified atom stereocenters. The van der Waals surface area contributed by atoms with Crippen LogP contribution in [0.25, 0.3) is 0 Å². The third-order valence-corrected chi connectivity index (χ3v) is 11.9. The van der Waals surface area contributed by atoms with Gasteiger partial charge in [-0.2, -0.15) is 0 Å². The highest BCUT2D eigenvalue weighted by atomic mass is 31.2. The van der Waals surface area contributed by atoms with Gasteiger partial charge in [-0.25, -0.2) is 4.57 Å². The van der Waals surface area contributed by atoms with Gasteiger partial charge in [0.2, 0.25) is 0 Å². The highest BCUT2D eigenvalue weighted by molar-refractivity contribution is 7.47. The number of hydrogen-bond acceptors (Lipinski definition) is 10. The lowest BCUT2D eigenvalue weighted by atomic mass is 10.1. The van der Waals surface area contributed by atoms with Gasteiger partial charge in [-0.05, 0) is 122 Å². The van der Waals surface area contributed by atoms with Crippen molar-refractivity contribution in [2.75, 3.05) is 26.4 Å². The maximum atomic E-state index is 12.9. The average Bonchev–Trinajstić information content (AvgIpc) is 3.41. The van der Waals surface area contributed by atoms with Crippen molar-refractivity contribution < 1.29 is 52.2 Å². The Labute approximate surface area is 460 Å². The molecule has 0 bridgehead atoms. The predicted molar refractivity (Wildman–Crippen MR) is 315 cm³/mol. The number of hydrogen-bond donors (Lipinski definition) is 2. The Kier molecular flexibility index (Phi) is 52.7. The Balaban J connectivity index is 4.93. The molecule has 0 saturated heterocycles. The summed E-state index contributed by atoms with van der Waals surface area (Å²) in [5.41, 5.74) is 0. The van der Waals surface area contributed by atoms with E-state index in [9.17, 15) is 28.9 Å². The van der Waals surface area contributed by atoms with Gasteiger partial charge in [-0.15, -0.1) is 0 Å². The normalized spacial score (nSPS) is 14.5. The molecule has 11 nitrogen and oxygen atoms in total. The molecule has 0 aliphatic rings. The van der Waals surface area contributed by atoms with Crippen LogP contribution in [0.5, 0.6) is 0 Å². The van der Waals surface area contributed by atoms with Crippen LogP contribution in [0, 0.1) is 0 Å². The first-order chi connectivity index (χ1) is 37.2. The maximum absolute atomic E-state index is 12.9. The molecule has 0 aliphatic carbocycles. The monoisotopic (exact) mass is 1070 g/mol. The average molecular weight is 1080 g/mol. The molecule has 0 saturated carbocycles. The second-order valence-electron chi connectivity index (χ2n) is 18.0. The number of phosphoric acid groups is 1. The highest BCUT2D eigenvalue weighted by Gasteiger charge is 2.28. The summed E-state index contributed by atoms with van der Waals surface area (Å²) >= 11 is 0. The second kappa shape index (κ2) is 56.3. The number of carbonyl (C=O) groups is 3. The van der Waals surface area contributed by atoms with Gasteiger partial charge in [-0.3, -0.25) is 23.4 Å². The van der Waals surface area contributed by atoms with Gasteiger partial charge in [0.25, 0.3) is 0 Å². The lowest BCUT2D eigenvalue weighted by molar-refractivity contribution is -0.161. The van der Waals surface area contributed by atoms with E-state index in [0.29, 0.717) is 25.7 Å². The number of rotatable bonds is 50. The standard InChI is InChI=1S/C64H99O11P/c1-4-7-10-13-16-19-22-25-27-29-30-32-34-37-40-43-46-49-52-55-64(68)75-61(57-71-62(66)53-50-47-44-41-38-36-33-31-28-26-23-20-17-14-11-8-5-2)59-73-76(69,70)72-58-60(56-65)74-63(67)54-51-48-45-42-39-35-24-21-18-15-12-9-6-3/h7-12,16-21,25-28,30,32-33,35-36,39,41,44-45,48,60-61,65H,4-6,13-15,22-24,29,31,34,37-38,40,42-43,46-47,49-59H2,1-3H3,(H,69,70)/b10-7-,11-8-,12-9-,19-16-,20-17-,21-18-,27-25-,28-26-,32-30-,36-33-,39-35-,44-41-,48-45-. The van der Waals surface area contributed by atoms with Crippen molar-refractivity contribution in [2.45, 2.75) is 200 Å². The zero-order valence-electron chi connectivity index (χ0n) is 46.9. The third-order valence-electron chi connectivity index (χ3n) is 10.9. The van der Waals surface area contributed by atoms with E-state index < -0.39 is 57.8 Å². The van der Waals surface area contributed by atoms with Crippen molar-refractivity contribution >= 4 is 25.7 Å². The van der Waals surface area contributed by atoms with Gasteiger partial charge in [0, 0.05) is 19.3 Å². The lowest BCUT2D eigenvalue weighted by Crippen LogP contribution is -2.30. The summed E-state index contributed by atoms with van der Waals surface area (Å²) in [5, 5.41) is 9.79. The van der Waals surface area contributed by atoms with Gasteiger partial charge in [0.1, 0.15) is 12.7 Å². The van der Waals surface area contributed by atoms with Crippen LogP contribution < -0.4 is 0 Å². The van der Waals surface area contributed by atoms with Crippen LogP contribution in [0.1, 0.15) is 188 Å². The smallest absolute Gasteiger partial charge is 0.462 e. The SMILES string of the molecule is CC/C=C\C/C=C\C/C=C\C/C=C\C/C=C\CCCC(=O)OCC(COP(=O)(O)OCC(CO)OC(=O)CC/C=C\C/C=C\C/C=C\C/C=C\CC)OC(=O)CCCCCCCC/C=C\C/C=C\C/C=C\C/C=C\CC. The predicted octanol–water partition coefficient (Wildman–Crippen LogP) is 16.9. The van der Waals surface area contributed by atoms with E-state index in [1.807, 2.05) is 24.3 Å². The molecule has 2 N–H and O–H groups in total. The molecule has 0 fully saturated rings. The summed E-state index contributed by atoms with van der Waals surface area (Å²) in [4.78, 5) is 48.5. The second-order valence-corrected chi connectivity index (χ2v) is 19.4. The molecule has 0 spiro atoms. The number of esters is 3. The van der Waals surface area contributed by atoms with Crippen LogP contribution in [0.15, 0.2) is 158 Å². The molecule has 76 heavy (non-hydrogen) atoms. The number of unbranched alkanes of at least 4 members (excludes halogenated alkanes) is 7. The minimum Gasteiger partial charge on any atom is -0.462 e. The van der Waals surface area contributed by atoms with Crippen molar-refractivity contribution in [3.8, 4) is 0 Å². The summed E-state index contributed by atoms with van der Waals surface area (Å²) in [7, 11) is -4.79. The van der Waals surface area contributed by atoms with E-state index in [-0.39, 0.29) is 25.9 Å². The Bertz CT molecular complexity index is 1880. The maximum Gasteiger partial charge on any atom is 0.472 e. The first kappa shape index (κ1) is 71.1. The van der Waals surface area contributed by atoms with E-state index in [4.69, 9.17) is 23.3 Å². The molecule has 0 rings (SSSR count). The molecule has 0 aliphatic heterocycles. The molecular formula is C64H99O11P. The van der Waals surface area contributed by atoms with Gasteiger partial charge >= 0.3 is 25.7 Å². The van der Waals surface area contributed by atoms with Gasteiger partial charge in [-0.1, -0.05) is 204 Å². The van der Waals surface area contributed by atoms with E-state index in [1.54, 1.807) is 0 Å². The van der Waals surface area contributed by atoms with Crippen LogP contribution in [0.4, 0.5) is 0 Å². The van der Waals surface area contributed by atoms with Crippen LogP contribution in [-0.4, -0.2) is 66.5 Å². The summed E-state index contributed by atoms with van der Waals surface area (Å²) < 4.78 is 39.3. The van der Waals surface area contributed by atoms with Gasteiger partial charge in [0.15, 0.2) is 6.10 Å². The molecule has 0 aromatic heterocycles. The fourth-order valence-electron chi connectivity index (χ4n) is 6.75. The number of aliphatic hydroxyl groups is 1. The van der Waals surface area contributed by atoms with Crippen molar-refractivity contribution in [1.29, 1.82) is 0 Å². The molecule has 0 aromatic carbocycles. The minimum atomic E-state index is -4.79. The van der Waals surface area contributed by atoms with Crippen molar-refractivity contribution in [3.05, 3.63) is 158 Å². The van der Waals surface area contributed by atoms with Crippen LogP contribution >= 0.6 is 7.82 Å². The largest absolute Gasteiger partial charge is 0.472 e. The van der Waals surface area contributed by atoms with Crippen molar-refractivity contribution in [2.24, 2.45) is 0 Å². The fraction of sp³-hybridized carbons (Fsp3) is 0.547. The first-order valence-corrected chi connectivity index (χ1v) is 29.9. The minimum absolute atomic E-state index is 0.0421. The summed E-state index contributed by atoms with van der Waals surface area (Å²) in [5.74, 6) is -1.66. The fourth-order valence-corrected chi connectivity index (χ4v) is 7.53. The lowest BCUT2D eigenvalue weighted by Gasteiger charge is -2.21.